The Bertz CT molecular complexity index is 1090. The van der Waals surface area contributed by atoms with Crippen molar-refractivity contribution in [3.05, 3.63) is 53.6 Å². The van der Waals surface area contributed by atoms with Crippen molar-refractivity contribution in [2.45, 2.75) is 30.6 Å². The number of aryl methyl sites for hydroxylation is 1. The van der Waals surface area contributed by atoms with Crippen LogP contribution in [0.5, 0.6) is 0 Å². The number of nitrogens with one attached hydrogen (secondary N) is 1. The quantitative estimate of drug-likeness (QED) is 0.632. The van der Waals surface area contributed by atoms with Gasteiger partial charge in [0.15, 0.2) is 0 Å². The first-order valence-electron chi connectivity index (χ1n) is 8.88. The number of methoxy groups -OCH3 is 1. The van der Waals surface area contributed by atoms with Gasteiger partial charge in [0.2, 0.25) is 10.0 Å². The number of rotatable bonds is 8. The van der Waals surface area contributed by atoms with Crippen LogP contribution in [0.1, 0.15) is 29.8 Å². The molecule has 0 aromatic heterocycles. The molecule has 0 spiro atoms. The van der Waals surface area contributed by atoms with Gasteiger partial charge in [0.05, 0.1) is 22.5 Å². The van der Waals surface area contributed by atoms with E-state index in [1.807, 2.05) is 0 Å². The van der Waals surface area contributed by atoms with Crippen molar-refractivity contribution in [1.29, 1.82) is 0 Å². The van der Waals surface area contributed by atoms with Gasteiger partial charge in [-0.1, -0.05) is 19.9 Å². The highest BCUT2D eigenvalue weighted by Gasteiger charge is 2.23. The van der Waals surface area contributed by atoms with Gasteiger partial charge in [0.25, 0.3) is 10.0 Å². The summed E-state index contributed by atoms with van der Waals surface area (Å²) >= 11 is 0. The SMILES string of the molecule is CCN(CC)S(=O)(=O)c1ccc(NS(=O)(=O)c2cc(C(=O)OC)ccc2C)cc1. The summed E-state index contributed by atoms with van der Waals surface area (Å²) in [6, 6.07) is 9.70. The predicted molar refractivity (Wildman–Crippen MR) is 110 cm³/mol. The molecule has 0 aliphatic carbocycles. The zero-order valence-corrected chi connectivity index (χ0v) is 18.3. The fourth-order valence-electron chi connectivity index (χ4n) is 2.75. The Labute approximate surface area is 171 Å². The van der Waals surface area contributed by atoms with Gasteiger partial charge in [-0.3, -0.25) is 4.72 Å². The Kier molecular flexibility index (Phi) is 7.04. The molecule has 0 radical (unpaired) electrons. The fraction of sp³-hybridized carbons (Fsp3) is 0.316. The van der Waals surface area contributed by atoms with Crippen LogP contribution >= 0.6 is 0 Å². The van der Waals surface area contributed by atoms with E-state index in [1.54, 1.807) is 20.8 Å². The van der Waals surface area contributed by atoms with Gasteiger partial charge in [-0.25, -0.2) is 21.6 Å². The highest BCUT2D eigenvalue weighted by Crippen LogP contribution is 2.23. The zero-order valence-electron chi connectivity index (χ0n) is 16.7. The van der Waals surface area contributed by atoms with Gasteiger partial charge < -0.3 is 4.74 Å². The van der Waals surface area contributed by atoms with Crippen LogP contribution in [-0.2, 0) is 24.8 Å². The van der Waals surface area contributed by atoms with E-state index < -0.39 is 26.0 Å². The Morgan fingerprint density at radius 2 is 1.59 bits per heavy atom. The first kappa shape index (κ1) is 22.9. The van der Waals surface area contributed by atoms with Crippen LogP contribution in [0, 0.1) is 6.92 Å². The molecule has 2 aromatic carbocycles. The number of hydrogen-bond acceptors (Lipinski definition) is 6. The second kappa shape index (κ2) is 8.93. The minimum atomic E-state index is -4.00. The molecular weight excluding hydrogens is 416 g/mol. The lowest BCUT2D eigenvalue weighted by Crippen LogP contribution is -2.30. The van der Waals surface area contributed by atoms with Gasteiger partial charge in [-0.15, -0.1) is 0 Å². The smallest absolute Gasteiger partial charge is 0.337 e. The second-order valence-electron chi connectivity index (χ2n) is 6.19. The molecule has 8 nitrogen and oxygen atoms in total. The molecule has 0 heterocycles. The molecule has 0 saturated heterocycles. The maximum atomic E-state index is 12.8. The number of ether oxygens (including phenoxy) is 1. The summed E-state index contributed by atoms with van der Waals surface area (Å²) in [7, 11) is -6.42. The molecule has 0 aliphatic heterocycles. The number of nitrogens with zero attached hydrogens (tertiary/aromatic N) is 1. The van der Waals surface area contributed by atoms with Crippen molar-refractivity contribution in [3.63, 3.8) is 0 Å². The van der Waals surface area contributed by atoms with Gasteiger partial charge in [-0.2, -0.15) is 4.31 Å². The van der Waals surface area contributed by atoms with Crippen LogP contribution in [0.25, 0.3) is 0 Å². The normalized spacial score (nSPS) is 12.0. The minimum absolute atomic E-state index is 0.0692. The molecule has 10 heteroatoms. The molecule has 0 saturated carbocycles. The number of sulfonamides is 2. The molecule has 1 N–H and O–H groups in total. The van der Waals surface area contributed by atoms with E-state index in [1.165, 1.54) is 53.9 Å². The summed E-state index contributed by atoms with van der Waals surface area (Å²) in [5.74, 6) is -0.646. The molecule has 0 fully saturated rings. The van der Waals surface area contributed by atoms with Crippen LogP contribution in [0.2, 0.25) is 0 Å². The molecule has 2 rings (SSSR count). The molecule has 158 valence electrons. The number of hydrogen-bond donors (Lipinski definition) is 1. The predicted octanol–water partition coefficient (Wildman–Crippen LogP) is 2.61. The van der Waals surface area contributed by atoms with Crippen LogP contribution in [0.3, 0.4) is 0 Å². The number of carbonyl (C=O) groups excluding carboxylic acids is 1. The average molecular weight is 441 g/mol. The van der Waals surface area contributed by atoms with Crippen molar-refractivity contribution in [3.8, 4) is 0 Å². The van der Waals surface area contributed by atoms with E-state index in [9.17, 15) is 21.6 Å². The van der Waals surface area contributed by atoms with Crippen LogP contribution in [0.15, 0.2) is 52.3 Å². The maximum absolute atomic E-state index is 12.8. The fourth-order valence-corrected chi connectivity index (χ4v) is 5.54. The standard InChI is InChI=1S/C19H24N2O6S2/c1-5-21(6-2)29(25,26)17-11-9-16(10-12-17)20-28(23,24)18-13-15(19(22)27-4)8-7-14(18)3/h7-13,20H,5-6H2,1-4H3. The highest BCUT2D eigenvalue weighted by molar-refractivity contribution is 7.92. The van der Waals surface area contributed by atoms with E-state index in [2.05, 4.69) is 9.46 Å². The summed E-state index contributed by atoms with van der Waals surface area (Å²) in [4.78, 5) is 11.7. The van der Waals surface area contributed by atoms with Crippen LogP contribution < -0.4 is 4.72 Å². The van der Waals surface area contributed by atoms with Crippen LogP contribution in [-0.4, -0.2) is 47.3 Å². The van der Waals surface area contributed by atoms with Crippen LogP contribution in [0.4, 0.5) is 5.69 Å². The molecule has 0 amide bonds. The van der Waals surface area contributed by atoms with E-state index in [0.717, 1.165) is 0 Å². The molecule has 0 aliphatic rings. The molecule has 0 unspecified atom stereocenters. The number of anilines is 1. The maximum Gasteiger partial charge on any atom is 0.337 e. The highest BCUT2D eigenvalue weighted by atomic mass is 32.2. The largest absolute Gasteiger partial charge is 0.465 e. The number of benzene rings is 2. The summed E-state index contributed by atoms with van der Waals surface area (Å²) in [5, 5.41) is 0. The average Bonchev–Trinajstić information content (AvgIpc) is 2.68. The molecule has 2 aromatic rings. The second-order valence-corrected chi connectivity index (χ2v) is 9.78. The Hall–Kier alpha value is -2.43. The molecule has 29 heavy (non-hydrogen) atoms. The summed E-state index contributed by atoms with van der Waals surface area (Å²) < 4.78 is 59.0. The van der Waals surface area contributed by atoms with Crippen molar-refractivity contribution >= 4 is 31.7 Å². The zero-order chi connectivity index (χ0) is 21.8. The summed E-state index contributed by atoms with van der Waals surface area (Å²) in [6.07, 6.45) is 0. The molecule has 0 bridgehead atoms. The lowest BCUT2D eigenvalue weighted by molar-refractivity contribution is 0.0600. The van der Waals surface area contributed by atoms with Crippen molar-refractivity contribution in [2.75, 3.05) is 24.9 Å². The van der Waals surface area contributed by atoms with Crippen molar-refractivity contribution in [2.24, 2.45) is 0 Å². The van der Waals surface area contributed by atoms with E-state index in [0.29, 0.717) is 18.7 Å². The van der Waals surface area contributed by atoms with Crippen molar-refractivity contribution in [1.82, 2.24) is 4.31 Å². The Balaban J connectivity index is 2.34. The molecular formula is C19H24N2O6S2. The third-order valence-electron chi connectivity index (χ3n) is 4.35. The summed E-state index contributed by atoms with van der Waals surface area (Å²) in [6.45, 7) is 5.77. The monoisotopic (exact) mass is 440 g/mol. The number of esters is 1. The third-order valence-corrected chi connectivity index (χ3v) is 7.94. The van der Waals surface area contributed by atoms with E-state index in [4.69, 9.17) is 0 Å². The summed E-state index contributed by atoms with van der Waals surface area (Å²) in [5.41, 5.74) is 0.761. The first-order chi connectivity index (χ1) is 13.6. The van der Waals surface area contributed by atoms with Gasteiger partial charge in [0.1, 0.15) is 0 Å². The topological polar surface area (TPSA) is 110 Å². The minimum Gasteiger partial charge on any atom is -0.465 e. The van der Waals surface area contributed by atoms with Gasteiger partial charge >= 0.3 is 5.97 Å². The molecule has 0 atom stereocenters. The Morgan fingerprint density at radius 1 is 1.00 bits per heavy atom. The van der Waals surface area contributed by atoms with E-state index in [-0.39, 0.29) is 21.0 Å². The first-order valence-corrected chi connectivity index (χ1v) is 11.8. The van der Waals surface area contributed by atoms with Crippen molar-refractivity contribution < 1.29 is 26.4 Å². The van der Waals surface area contributed by atoms with Gasteiger partial charge in [0, 0.05) is 18.8 Å². The third kappa shape index (κ3) is 4.95. The lowest BCUT2D eigenvalue weighted by Gasteiger charge is -2.18. The Morgan fingerprint density at radius 3 is 2.10 bits per heavy atom. The number of carbonyl (C=O) groups is 1. The lowest BCUT2D eigenvalue weighted by atomic mass is 10.1. The van der Waals surface area contributed by atoms with Gasteiger partial charge in [-0.05, 0) is 48.9 Å². The van der Waals surface area contributed by atoms with E-state index >= 15 is 0 Å².